The first-order valence-corrected chi connectivity index (χ1v) is 12.3. The number of aryl methyl sites for hydroxylation is 2. The quantitative estimate of drug-likeness (QED) is 0.361. The Labute approximate surface area is 214 Å². The third-order valence-electron chi connectivity index (χ3n) is 5.76. The van der Waals surface area contributed by atoms with Crippen LogP contribution in [0.3, 0.4) is 0 Å². The number of halogens is 3. The topological polar surface area (TPSA) is 129 Å². The normalized spacial score (nSPS) is 14.6. The highest BCUT2D eigenvalue weighted by atomic mass is 32.2. The van der Waals surface area contributed by atoms with Gasteiger partial charge in [0.1, 0.15) is 5.75 Å². The predicted octanol–water partition coefficient (Wildman–Crippen LogP) is 3.20. The van der Waals surface area contributed by atoms with E-state index in [0.29, 0.717) is 42.5 Å². The molecule has 10 nitrogen and oxygen atoms in total. The molecule has 0 aliphatic carbocycles. The molecule has 0 bridgehead atoms. The molecule has 0 saturated carbocycles. The molecule has 3 heterocycles. The molecule has 1 aliphatic heterocycles. The van der Waals surface area contributed by atoms with E-state index in [1.807, 2.05) is 19.9 Å². The van der Waals surface area contributed by atoms with Crippen LogP contribution in [-0.2, 0) is 10.5 Å². The van der Waals surface area contributed by atoms with Crippen LogP contribution < -0.4 is 10.5 Å². The fourth-order valence-corrected chi connectivity index (χ4v) is 4.94. The zero-order chi connectivity index (χ0) is 26.7. The number of ether oxygens (including phenoxy) is 1. The Bertz CT molecular complexity index is 1270. The molecule has 0 atom stereocenters. The van der Waals surface area contributed by atoms with Crippen LogP contribution in [0.15, 0.2) is 35.5 Å². The number of amides is 2. The number of carbonyl (C=O) groups is 2. The Morgan fingerprint density at radius 3 is 2.30 bits per heavy atom. The van der Waals surface area contributed by atoms with Gasteiger partial charge in [-0.3, -0.25) is 9.59 Å². The lowest BCUT2D eigenvalue weighted by atomic mass is 9.96. The van der Waals surface area contributed by atoms with Crippen molar-refractivity contribution in [2.45, 2.75) is 44.0 Å². The molecule has 2 aromatic heterocycles. The number of benzene rings is 1. The summed E-state index contributed by atoms with van der Waals surface area (Å²) >= 11 is 1.28. The van der Waals surface area contributed by atoms with Gasteiger partial charge in [-0.25, -0.2) is 14.6 Å². The molecule has 4 rings (SSSR count). The zero-order valence-electron chi connectivity index (χ0n) is 20.0. The van der Waals surface area contributed by atoms with E-state index >= 15 is 0 Å². The van der Waals surface area contributed by atoms with Crippen LogP contribution in [0.4, 0.5) is 13.2 Å². The van der Waals surface area contributed by atoms with Gasteiger partial charge in [-0.2, -0.15) is 0 Å². The number of nitrogens with two attached hydrogens (primary N) is 1. The van der Waals surface area contributed by atoms with Gasteiger partial charge in [-0.15, -0.1) is 18.3 Å². The van der Waals surface area contributed by atoms with Crippen LogP contribution in [0, 0.1) is 19.8 Å². The Hall–Kier alpha value is -3.68. The summed E-state index contributed by atoms with van der Waals surface area (Å²) < 4.78 is 43.0. The van der Waals surface area contributed by atoms with E-state index in [-0.39, 0.29) is 34.9 Å². The summed E-state index contributed by atoms with van der Waals surface area (Å²) in [6.07, 6.45) is -3.91. The van der Waals surface area contributed by atoms with Crippen molar-refractivity contribution in [2.24, 2.45) is 11.7 Å². The summed E-state index contributed by atoms with van der Waals surface area (Å²) in [5, 5.41) is 8.74. The first kappa shape index (κ1) is 26.4. The fourth-order valence-electron chi connectivity index (χ4n) is 4.00. The molecule has 14 heteroatoms. The SMILES string of the molecule is Cc1cc(C)nc(SCc2c(C(=O)N3CCC(C(N)=O)CC3)nnn2-c2ccc(OC(F)(F)F)cc2)n1. The van der Waals surface area contributed by atoms with Crippen molar-refractivity contribution in [1.29, 1.82) is 0 Å². The second-order valence-electron chi connectivity index (χ2n) is 8.53. The van der Waals surface area contributed by atoms with Gasteiger partial charge in [-0.1, -0.05) is 17.0 Å². The van der Waals surface area contributed by atoms with Gasteiger partial charge in [0, 0.05) is 36.1 Å². The predicted molar refractivity (Wildman–Crippen MR) is 127 cm³/mol. The van der Waals surface area contributed by atoms with E-state index in [2.05, 4.69) is 25.0 Å². The number of aromatic nitrogens is 5. The van der Waals surface area contributed by atoms with Crippen molar-refractivity contribution in [3.8, 4) is 11.4 Å². The molecular formula is C23H24F3N7O3S. The number of hydrogen-bond donors (Lipinski definition) is 1. The Morgan fingerprint density at radius 2 is 1.73 bits per heavy atom. The number of primary amides is 1. The summed E-state index contributed by atoms with van der Waals surface area (Å²) in [6, 6.07) is 6.94. The van der Waals surface area contributed by atoms with E-state index in [4.69, 9.17) is 5.73 Å². The molecule has 0 unspecified atom stereocenters. The number of hydrogen-bond acceptors (Lipinski definition) is 8. The molecule has 1 aliphatic rings. The van der Waals surface area contributed by atoms with Crippen LogP contribution in [0.2, 0.25) is 0 Å². The Balaban J connectivity index is 1.63. The van der Waals surface area contributed by atoms with E-state index in [0.717, 1.165) is 23.5 Å². The highest BCUT2D eigenvalue weighted by Gasteiger charge is 2.32. The number of thioether (sulfide) groups is 1. The zero-order valence-corrected chi connectivity index (χ0v) is 20.8. The van der Waals surface area contributed by atoms with Crippen LogP contribution in [0.25, 0.3) is 5.69 Å². The minimum atomic E-state index is -4.82. The third-order valence-corrected chi connectivity index (χ3v) is 6.62. The summed E-state index contributed by atoms with van der Waals surface area (Å²) in [5.74, 6) is -1.20. The monoisotopic (exact) mass is 535 g/mol. The van der Waals surface area contributed by atoms with Crippen LogP contribution >= 0.6 is 11.8 Å². The fraction of sp³-hybridized carbons (Fsp3) is 0.391. The van der Waals surface area contributed by atoms with Gasteiger partial charge in [-0.05, 0) is 57.0 Å². The maximum atomic E-state index is 13.4. The van der Waals surface area contributed by atoms with Crippen molar-refractivity contribution >= 4 is 23.6 Å². The summed E-state index contributed by atoms with van der Waals surface area (Å²) in [5.41, 5.74) is 7.90. The minimum absolute atomic E-state index is 0.102. The lowest BCUT2D eigenvalue weighted by molar-refractivity contribution is -0.274. The average molecular weight is 536 g/mol. The molecular weight excluding hydrogens is 511 g/mol. The number of alkyl halides is 3. The molecule has 196 valence electrons. The van der Waals surface area contributed by atoms with Gasteiger partial charge >= 0.3 is 6.36 Å². The lowest BCUT2D eigenvalue weighted by Crippen LogP contribution is -2.42. The number of carbonyl (C=O) groups excluding carboxylic acids is 2. The highest BCUT2D eigenvalue weighted by Crippen LogP contribution is 2.28. The Morgan fingerprint density at radius 1 is 1.11 bits per heavy atom. The van der Waals surface area contributed by atoms with Crippen molar-refractivity contribution < 1.29 is 27.5 Å². The third kappa shape index (κ3) is 6.56. The number of rotatable bonds is 7. The maximum absolute atomic E-state index is 13.4. The largest absolute Gasteiger partial charge is 0.573 e. The molecule has 0 spiro atoms. The van der Waals surface area contributed by atoms with Crippen LogP contribution in [-0.4, -0.2) is 61.1 Å². The first-order valence-electron chi connectivity index (χ1n) is 11.3. The van der Waals surface area contributed by atoms with E-state index in [1.165, 1.54) is 28.6 Å². The summed E-state index contributed by atoms with van der Waals surface area (Å²) in [4.78, 5) is 35.3. The second-order valence-corrected chi connectivity index (χ2v) is 9.47. The molecule has 1 saturated heterocycles. The Kier molecular flexibility index (Phi) is 7.66. The minimum Gasteiger partial charge on any atom is -0.406 e. The lowest BCUT2D eigenvalue weighted by Gasteiger charge is -2.30. The van der Waals surface area contributed by atoms with E-state index < -0.39 is 6.36 Å². The highest BCUT2D eigenvalue weighted by molar-refractivity contribution is 7.98. The molecule has 1 aromatic carbocycles. The standard InChI is InChI=1S/C23H24F3N7O3S/c1-13-11-14(2)29-22(28-13)37-12-18-19(21(35)32-9-7-15(8-10-32)20(27)34)30-31-33(18)16-3-5-17(6-4-16)36-23(24,25)26/h3-6,11,15H,7-10,12H2,1-2H3,(H2,27,34). The smallest absolute Gasteiger partial charge is 0.406 e. The van der Waals surface area contributed by atoms with Gasteiger partial charge < -0.3 is 15.4 Å². The van der Waals surface area contributed by atoms with Gasteiger partial charge in [0.15, 0.2) is 10.9 Å². The van der Waals surface area contributed by atoms with Crippen molar-refractivity contribution in [2.75, 3.05) is 13.1 Å². The molecule has 2 amide bonds. The summed E-state index contributed by atoms with van der Waals surface area (Å²) in [7, 11) is 0. The molecule has 0 radical (unpaired) electrons. The van der Waals surface area contributed by atoms with Gasteiger partial charge in [0.2, 0.25) is 5.91 Å². The van der Waals surface area contributed by atoms with Gasteiger partial charge in [0.05, 0.1) is 11.4 Å². The number of piperidine rings is 1. The molecule has 2 N–H and O–H groups in total. The number of likely N-dealkylation sites (tertiary alicyclic amines) is 1. The second kappa shape index (κ2) is 10.7. The molecule has 1 fully saturated rings. The number of nitrogens with zero attached hydrogens (tertiary/aromatic N) is 6. The average Bonchev–Trinajstić information content (AvgIpc) is 3.25. The van der Waals surface area contributed by atoms with Crippen LogP contribution in [0.1, 0.15) is 40.4 Å². The first-order chi connectivity index (χ1) is 17.5. The molecule has 37 heavy (non-hydrogen) atoms. The van der Waals surface area contributed by atoms with Crippen LogP contribution in [0.5, 0.6) is 5.75 Å². The van der Waals surface area contributed by atoms with Crippen molar-refractivity contribution in [3.63, 3.8) is 0 Å². The molecule has 3 aromatic rings. The summed E-state index contributed by atoms with van der Waals surface area (Å²) in [6.45, 7) is 4.38. The van der Waals surface area contributed by atoms with E-state index in [1.54, 1.807) is 4.90 Å². The maximum Gasteiger partial charge on any atom is 0.573 e. The van der Waals surface area contributed by atoms with Crippen molar-refractivity contribution in [3.05, 3.63) is 53.1 Å². The van der Waals surface area contributed by atoms with Gasteiger partial charge in [0.25, 0.3) is 5.91 Å². The van der Waals surface area contributed by atoms with Crippen molar-refractivity contribution in [1.82, 2.24) is 29.9 Å². The van der Waals surface area contributed by atoms with E-state index in [9.17, 15) is 22.8 Å².